The molecule has 5 aromatic carbocycles. The second-order valence-corrected chi connectivity index (χ2v) is 14.8. The summed E-state index contributed by atoms with van der Waals surface area (Å²) < 4.78 is 2.46. The van der Waals surface area contributed by atoms with E-state index >= 15 is 0 Å². The van der Waals surface area contributed by atoms with Gasteiger partial charge in [0.15, 0.2) is 5.71 Å². The van der Waals surface area contributed by atoms with Crippen molar-refractivity contribution in [1.82, 2.24) is 4.58 Å². The number of rotatable bonds is 6. The Balaban J connectivity index is 1.27. The highest BCUT2D eigenvalue weighted by atomic mass is 15.2. The van der Waals surface area contributed by atoms with Crippen molar-refractivity contribution in [2.24, 2.45) is 5.92 Å². The van der Waals surface area contributed by atoms with E-state index in [2.05, 4.69) is 201 Å². The highest BCUT2D eigenvalue weighted by Crippen LogP contribution is 2.51. The first-order valence-corrected chi connectivity index (χ1v) is 18.1. The summed E-state index contributed by atoms with van der Waals surface area (Å²) in [6.07, 6.45) is 10.5. The predicted molar refractivity (Wildman–Crippen MR) is 212 cm³/mol. The number of para-hydroxylation sites is 4. The van der Waals surface area contributed by atoms with Gasteiger partial charge in [-0.2, -0.15) is 4.58 Å². The van der Waals surface area contributed by atoms with Crippen molar-refractivity contribution in [2.75, 3.05) is 4.90 Å². The van der Waals surface area contributed by atoms with E-state index in [0.717, 1.165) is 19.3 Å². The van der Waals surface area contributed by atoms with Gasteiger partial charge in [0.2, 0.25) is 11.4 Å². The third kappa shape index (κ3) is 5.41. The van der Waals surface area contributed by atoms with Crippen LogP contribution >= 0.6 is 0 Å². The van der Waals surface area contributed by atoms with Crippen LogP contribution in [0.25, 0.3) is 5.57 Å². The maximum Gasteiger partial charge on any atom is 0.215 e. The molecule has 0 radical (unpaired) electrons. The van der Waals surface area contributed by atoms with Crippen LogP contribution < -0.4 is 9.48 Å². The molecule has 50 heavy (non-hydrogen) atoms. The predicted octanol–water partition coefficient (Wildman–Crippen LogP) is 12.2. The molecule has 246 valence electrons. The molecule has 0 amide bonds. The minimum absolute atomic E-state index is 0.140. The second-order valence-electron chi connectivity index (χ2n) is 14.8. The van der Waals surface area contributed by atoms with Crippen LogP contribution in [0.2, 0.25) is 0 Å². The quantitative estimate of drug-likeness (QED) is 0.131. The van der Waals surface area contributed by atoms with E-state index in [0.29, 0.717) is 0 Å². The summed E-state index contributed by atoms with van der Waals surface area (Å²) in [5, 5.41) is 0. The maximum absolute atomic E-state index is 3.95. The fraction of sp³-hybridized carbons (Fsp3) is 0.208. The molecular formula is C48H45N2+. The zero-order valence-electron chi connectivity index (χ0n) is 29.6. The lowest BCUT2D eigenvalue weighted by Crippen LogP contribution is -2.27. The van der Waals surface area contributed by atoms with E-state index in [9.17, 15) is 0 Å². The van der Waals surface area contributed by atoms with Crippen molar-refractivity contribution >= 4 is 34.0 Å². The minimum Gasteiger partial charge on any atom is -0.306 e. The lowest BCUT2D eigenvalue weighted by atomic mass is 9.77. The van der Waals surface area contributed by atoms with Crippen LogP contribution in [0.5, 0.6) is 0 Å². The van der Waals surface area contributed by atoms with Crippen LogP contribution in [0.15, 0.2) is 175 Å². The molecule has 1 unspecified atom stereocenters. The average molecular weight is 650 g/mol. The van der Waals surface area contributed by atoms with Gasteiger partial charge in [-0.1, -0.05) is 109 Å². The number of hydrogen-bond acceptors (Lipinski definition) is 1. The summed E-state index contributed by atoms with van der Waals surface area (Å²) in [5.41, 5.74) is 17.8. The molecule has 0 N–H and O–H groups in total. The molecule has 0 fully saturated rings. The van der Waals surface area contributed by atoms with E-state index in [1.807, 2.05) is 0 Å². The van der Waals surface area contributed by atoms with Crippen LogP contribution in [0.4, 0.5) is 22.7 Å². The number of anilines is 2. The molecule has 0 spiro atoms. The highest BCUT2D eigenvalue weighted by Gasteiger charge is 2.45. The zero-order valence-corrected chi connectivity index (χ0v) is 29.6. The van der Waals surface area contributed by atoms with Gasteiger partial charge in [-0.15, -0.1) is 5.73 Å². The van der Waals surface area contributed by atoms with Crippen LogP contribution in [0.1, 0.15) is 63.6 Å². The molecule has 0 saturated heterocycles. The Bertz CT molecular complexity index is 2210. The maximum atomic E-state index is 3.95. The topological polar surface area (TPSA) is 6.25 Å². The molecule has 2 nitrogen and oxygen atoms in total. The number of fused-ring (bicyclic) bond motifs is 2. The molecule has 2 heteroatoms. The fourth-order valence-electron chi connectivity index (χ4n) is 8.44. The molecule has 0 aromatic heterocycles. The second kappa shape index (κ2) is 12.8. The Morgan fingerprint density at radius 1 is 0.660 bits per heavy atom. The standard InChI is InChI=1S/C48H45N2/c1-47(2)40-27-14-16-29-42(40)49(38-23-10-6-11-24-38)44(47)33-31-36-21-18-22-37(46(36)35-19-8-5-9-20-35)32-34-45-48(3,4)41-28-15-17-30-43(41)50(45)39-25-12-7-13-26-39/h5-17,19-20,23-33,37H,18,21-22H2,1-4H3/q+1/b33-31+. The van der Waals surface area contributed by atoms with Gasteiger partial charge in [-0.25, -0.2) is 0 Å². The fourth-order valence-corrected chi connectivity index (χ4v) is 8.44. The number of nitrogens with zero attached hydrogens (tertiary/aromatic N) is 2. The van der Waals surface area contributed by atoms with Crippen molar-refractivity contribution in [3.8, 4) is 0 Å². The number of allylic oxidation sites excluding steroid dienone is 5. The first-order valence-electron chi connectivity index (χ1n) is 18.1. The number of benzene rings is 5. The Labute approximate surface area is 297 Å². The lowest BCUT2D eigenvalue weighted by Gasteiger charge is -2.27. The average Bonchev–Trinajstić information content (AvgIpc) is 3.53. The van der Waals surface area contributed by atoms with Gasteiger partial charge < -0.3 is 4.90 Å². The third-order valence-electron chi connectivity index (χ3n) is 11.0. The summed E-state index contributed by atoms with van der Waals surface area (Å²) in [6.45, 7) is 9.40. The van der Waals surface area contributed by atoms with Crippen molar-refractivity contribution in [3.63, 3.8) is 0 Å². The molecule has 0 bridgehead atoms. The van der Waals surface area contributed by atoms with E-state index in [4.69, 9.17) is 0 Å². The first-order chi connectivity index (χ1) is 24.4. The van der Waals surface area contributed by atoms with Gasteiger partial charge in [0.25, 0.3) is 0 Å². The minimum atomic E-state index is -0.183. The molecular weight excluding hydrogens is 605 g/mol. The Morgan fingerprint density at radius 2 is 1.28 bits per heavy atom. The smallest absolute Gasteiger partial charge is 0.215 e. The van der Waals surface area contributed by atoms with Gasteiger partial charge in [-0.3, -0.25) is 0 Å². The molecule has 3 aliphatic rings. The van der Waals surface area contributed by atoms with Crippen LogP contribution in [-0.2, 0) is 10.8 Å². The van der Waals surface area contributed by atoms with E-state index < -0.39 is 0 Å². The normalized spacial score (nSPS) is 19.1. The Kier molecular flexibility index (Phi) is 8.14. The van der Waals surface area contributed by atoms with Crippen molar-refractivity contribution < 1.29 is 0 Å². The van der Waals surface area contributed by atoms with Crippen LogP contribution in [0, 0.1) is 5.92 Å². The summed E-state index contributed by atoms with van der Waals surface area (Å²) in [5.74, 6) is 0.249. The van der Waals surface area contributed by atoms with Crippen molar-refractivity contribution in [2.45, 2.75) is 57.8 Å². The van der Waals surface area contributed by atoms with Crippen molar-refractivity contribution in [1.29, 1.82) is 0 Å². The molecule has 0 saturated carbocycles. The highest BCUT2D eigenvalue weighted by molar-refractivity contribution is 6.10. The lowest BCUT2D eigenvalue weighted by molar-refractivity contribution is 0.628. The van der Waals surface area contributed by atoms with E-state index in [1.54, 1.807) is 0 Å². The van der Waals surface area contributed by atoms with Gasteiger partial charge >= 0.3 is 0 Å². The summed E-state index contributed by atoms with van der Waals surface area (Å²) in [4.78, 5) is 2.41. The molecule has 1 aliphatic carbocycles. The molecule has 2 heterocycles. The zero-order chi connectivity index (χ0) is 34.3. The Hall–Kier alpha value is -5.43. The molecule has 1 atom stereocenters. The first kappa shape index (κ1) is 31.8. The molecule has 8 rings (SSSR count). The summed E-state index contributed by atoms with van der Waals surface area (Å²) >= 11 is 0. The summed E-state index contributed by atoms with van der Waals surface area (Å²) in [7, 11) is 0. The van der Waals surface area contributed by atoms with Gasteiger partial charge in [0.1, 0.15) is 0 Å². The van der Waals surface area contributed by atoms with Gasteiger partial charge in [-0.05, 0) is 93.5 Å². The van der Waals surface area contributed by atoms with E-state index in [-0.39, 0.29) is 16.7 Å². The SMILES string of the molecule is CC1(C)C(=C=CC2CCCC(/C=C/C3=[N+](c4ccccc4)c4ccccc4C3(C)C)=C2c2ccccc2)N(c2ccccc2)c2ccccc21. The van der Waals surface area contributed by atoms with Crippen molar-refractivity contribution in [3.05, 3.63) is 191 Å². The Morgan fingerprint density at radius 3 is 2.02 bits per heavy atom. The van der Waals surface area contributed by atoms with Crippen LogP contribution in [-0.4, -0.2) is 5.71 Å². The van der Waals surface area contributed by atoms with Crippen LogP contribution in [0.3, 0.4) is 0 Å². The molecule has 2 aliphatic heterocycles. The van der Waals surface area contributed by atoms with Gasteiger partial charge in [0, 0.05) is 46.9 Å². The third-order valence-corrected chi connectivity index (χ3v) is 11.0. The largest absolute Gasteiger partial charge is 0.306 e. The number of hydrogen-bond donors (Lipinski definition) is 0. The van der Waals surface area contributed by atoms with Gasteiger partial charge in [0.05, 0.1) is 16.8 Å². The molecule has 5 aromatic rings. The van der Waals surface area contributed by atoms with E-state index in [1.165, 1.54) is 62.0 Å². The summed E-state index contributed by atoms with van der Waals surface area (Å²) in [6, 6.07) is 50.3. The monoisotopic (exact) mass is 649 g/mol.